The van der Waals surface area contributed by atoms with Gasteiger partial charge in [0.05, 0.1) is 58.7 Å². The Morgan fingerprint density at radius 2 is 0.915 bits per heavy atom. The summed E-state index contributed by atoms with van der Waals surface area (Å²) in [5, 5.41) is 17.0. The minimum absolute atomic E-state index is 0.0241. The van der Waals surface area contributed by atoms with E-state index in [-0.39, 0.29) is 60.6 Å². The number of benzene rings is 6. The van der Waals surface area contributed by atoms with E-state index >= 15 is 9.59 Å². The maximum absolute atomic E-state index is 15.2. The molecular formula is C68H82N10O4+4. The highest BCUT2D eigenvalue weighted by atomic mass is 16.2. The van der Waals surface area contributed by atoms with Crippen LogP contribution < -0.4 is 32.7 Å². The van der Waals surface area contributed by atoms with Crippen molar-refractivity contribution in [3.05, 3.63) is 191 Å². The van der Waals surface area contributed by atoms with E-state index in [0.717, 1.165) is 108 Å². The molecule has 0 aliphatic carbocycles. The third-order valence-corrected chi connectivity index (χ3v) is 17.0. The summed E-state index contributed by atoms with van der Waals surface area (Å²) in [7, 11) is 0. The van der Waals surface area contributed by atoms with E-state index in [9.17, 15) is 9.59 Å². The first-order chi connectivity index (χ1) is 40.1. The lowest BCUT2D eigenvalue weighted by Crippen LogP contribution is -2.96. The van der Waals surface area contributed by atoms with Crippen LogP contribution in [-0.2, 0) is 35.3 Å². The maximum atomic E-state index is 15.2. The van der Waals surface area contributed by atoms with E-state index in [1.165, 1.54) is 11.1 Å². The Hall–Kier alpha value is -7.88. The molecule has 0 radical (unpaired) electrons. The first-order valence-electron chi connectivity index (χ1n) is 29.9. The van der Waals surface area contributed by atoms with Gasteiger partial charge in [0.2, 0.25) is 11.8 Å². The molecule has 0 bridgehead atoms. The lowest BCUT2D eigenvalue weighted by atomic mass is 10.0. The highest BCUT2D eigenvalue weighted by Crippen LogP contribution is 2.28. The van der Waals surface area contributed by atoms with Crippen molar-refractivity contribution in [2.24, 2.45) is 0 Å². The van der Waals surface area contributed by atoms with Crippen LogP contribution in [0.2, 0.25) is 0 Å². The highest BCUT2D eigenvalue weighted by molar-refractivity contribution is 6.05. The van der Waals surface area contributed by atoms with Gasteiger partial charge in [0.15, 0.2) is 0 Å². The van der Waals surface area contributed by atoms with Crippen LogP contribution in [0.1, 0.15) is 95.6 Å². The lowest BCUT2D eigenvalue weighted by molar-refractivity contribution is -0.707. The third-order valence-electron chi connectivity index (χ3n) is 17.0. The zero-order valence-electron chi connectivity index (χ0n) is 47.8. The van der Waals surface area contributed by atoms with Crippen molar-refractivity contribution in [1.82, 2.24) is 30.4 Å². The van der Waals surface area contributed by atoms with Gasteiger partial charge >= 0.3 is 0 Å². The number of aryl methyl sites for hydroxylation is 2. The molecule has 2 aliphatic rings. The standard InChI is InChI=1S/C68H78N10O4/c1-3-59-57(37-51-35-47-23-11-13-25-49(47)39-63(51)73-59)65(79)75-61(67(81)77-31-17-27-55(77)43-71-53(41-69)33-45-19-7-5-8-20-45)29-15-16-30-62(68(82)78-32-18-28-56(78)44-72-54(42-70)34-46-21-9-6-10-22-46)76-66(80)58-38-52-36-48-24-12-14-26-50(48)40-64(52)74-60(58)4-2/h5-16,19-26,35-40,53-56,61-62,71-72H,3-4,17-18,27-34,41-44,69-70H2,1-2H3,(H,75,79)(H,76,80)/p+4/b16-15+/t53-,54-,55-,56-,61-,62?/m0/s1. The topological polar surface area (TPSA) is 213 Å². The largest absolute Gasteiger partial charge is 0.353 e. The normalized spacial score (nSPS) is 17.0. The number of rotatable bonds is 24. The Morgan fingerprint density at radius 3 is 1.29 bits per heavy atom. The minimum atomic E-state index is -0.916. The van der Waals surface area contributed by atoms with Crippen LogP contribution >= 0.6 is 0 Å². The van der Waals surface area contributed by atoms with Gasteiger partial charge in [-0.25, -0.2) is 0 Å². The molecule has 82 heavy (non-hydrogen) atoms. The quantitative estimate of drug-likeness (QED) is 0.0351. The number of aromatic nitrogens is 2. The van der Waals surface area contributed by atoms with E-state index in [1.807, 2.05) is 84.3 Å². The number of likely N-dealkylation sites (tertiary alicyclic amines) is 2. The van der Waals surface area contributed by atoms with E-state index in [2.05, 4.69) is 130 Å². The Morgan fingerprint density at radius 1 is 0.537 bits per heavy atom. The molecular weight excluding hydrogens is 1020 g/mol. The van der Waals surface area contributed by atoms with Crippen molar-refractivity contribution in [3.8, 4) is 0 Å². The minimum Gasteiger partial charge on any atom is -0.353 e. The highest BCUT2D eigenvalue weighted by Gasteiger charge is 2.37. The molecule has 0 spiro atoms. The number of nitrogens with one attached hydrogen (secondary N) is 2. The molecule has 4 amide bonds. The number of pyridine rings is 2. The van der Waals surface area contributed by atoms with Crippen LogP contribution in [0.4, 0.5) is 0 Å². The number of nitrogens with two attached hydrogens (primary N) is 2. The summed E-state index contributed by atoms with van der Waals surface area (Å²) in [6.07, 6.45) is 10.4. The number of hydrogen-bond donors (Lipinski definition) is 6. The predicted molar refractivity (Wildman–Crippen MR) is 325 cm³/mol. The second kappa shape index (κ2) is 27.3. The molecule has 8 aromatic rings. The van der Waals surface area contributed by atoms with Crippen molar-refractivity contribution in [2.45, 2.75) is 114 Å². The summed E-state index contributed by atoms with van der Waals surface area (Å²) in [5.41, 5.74) is 14.9. The summed E-state index contributed by atoms with van der Waals surface area (Å²) >= 11 is 0. The summed E-state index contributed by atoms with van der Waals surface area (Å²) in [6, 6.07) is 47.8. The Kier molecular flexibility index (Phi) is 19.1. The molecule has 2 aromatic heterocycles. The Bertz CT molecular complexity index is 3320. The van der Waals surface area contributed by atoms with Gasteiger partial charge in [-0.05, 0) is 120 Å². The zero-order chi connectivity index (χ0) is 57.0. The second-order valence-electron chi connectivity index (χ2n) is 22.5. The van der Waals surface area contributed by atoms with Crippen molar-refractivity contribution < 1.29 is 41.3 Å². The summed E-state index contributed by atoms with van der Waals surface area (Å²) in [4.78, 5) is 73.8. The number of carbonyl (C=O) groups is 4. The van der Waals surface area contributed by atoms with Gasteiger partial charge in [-0.1, -0.05) is 135 Å². The van der Waals surface area contributed by atoms with E-state index < -0.39 is 12.1 Å². The maximum Gasteiger partial charge on any atom is 0.253 e. The van der Waals surface area contributed by atoms with Gasteiger partial charge in [-0.3, -0.25) is 29.1 Å². The number of amides is 4. The fraction of sp³-hybridized carbons (Fsp3) is 0.353. The molecule has 6 atom stereocenters. The van der Waals surface area contributed by atoms with Crippen molar-refractivity contribution in [1.29, 1.82) is 0 Å². The molecule has 2 aliphatic heterocycles. The number of carbonyl (C=O) groups excluding carboxylic acids is 4. The monoisotopic (exact) mass is 1100 g/mol. The summed E-state index contributed by atoms with van der Waals surface area (Å²) in [5.74, 6) is -1.01. The predicted octanol–water partition coefficient (Wildman–Crippen LogP) is 5.26. The van der Waals surface area contributed by atoms with Gasteiger partial charge in [0.25, 0.3) is 11.8 Å². The second-order valence-corrected chi connectivity index (χ2v) is 22.5. The average Bonchev–Trinajstić information content (AvgIpc) is 4.34. The summed E-state index contributed by atoms with van der Waals surface area (Å²) < 4.78 is 0. The smallest absolute Gasteiger partial charge is 0.253 e. The molecule has 1 unspecified atom stereocenters. The Labute approximate surface area is 481 Å². The molecule has 4 heterocycles. The number of nitrogens with zero attached hydrogens (tertiary/aromatic N) is 4. The fourth-order valence-electron chi connectivity index (χ4n) is 12.4. The summed E-state index contributed by atoms with van der Waals surface area (Å²) in [6.45, 7) is 8.10. The molecule has 10 rings (SSSR count). The van der Waals surface area contributed by atoms with E-state index in [1.54, 1.807) is 0 Å². The van der Waals surface area contributed by atoms with Crippen LogP contribution in [-0.4, -0.2) is 119 Å². The van der Waals surface area contributed by atoms with E-state index in [0.29, 0.717) is 48.4 Å². The van der Waals surface area contributed by atoms with Crippen LogP contribution in [0.5, 0.6) is 0 Å². The van der Waals surface area contributed by atoms with Gasteiger partial charge in [0.1, 0.15) is 37.3 Å². The molecule has 2 saturated heterocycles. The van der Waals surface area contributed by atoms with Crippen LogP contribution in [0.15, 0.2) is 158 Å². The molecule has 12 N–H and O–H groups in total. The molecule has 0 saturated carbocycles. The molecule has 6 aromatic carbocycles. The van der Waals surface area contributed by atoms with Crippen LogP contribution in [0.25, 0.3) is 43.4 Å². The third kappa shape index (κ3) is 13.7. The SMILES string of the molecule is CCc1nc2cc3ccccc3cc2cc1C(=O)NC(C/C=C/C[C@H](NC(=O)c1cc2cc3ccccc3cc2nc1CC)C(=O)N1CCC[C@H]1C[NH2+][C@H](C[NH3+])Cc1ccccc1)C(=O)N1CCC[C@H]1C[NH2+][C@H](C[NH3+])Cc1ccccc1. The molecule has 2 fully saturated rings. The van der Waals surface area contributed by atoms with Crippen molar-refractivity contribution >= 4 is 67.0 Å². The average molecular weight is 1100 g/mol. The van der Waals surface area contributed by atoms with Crippen molar-refractivity contribution in [2.75, 3.05) is 39.3 Å². The van der Waals surface area contributed by atoms with Gasteiger partial charge in [-0.2, -0.15) is 0 Å². The number of fused-ring (bicyclic) bond motifs is 4. The fourth-order valence-corrected chi connectivity index (χ4v) is 12.4. The molecule has 14 heteroatoms. The number of quaternary nitrogens is 4. The molecule has 14 nitrogen and oxygen atoms in total. The van der Waals surface area contributed by atoms with Gasteiger partial charge in [-0.15, -0.1) is 0 Å². The van der Waals surface area contributed by atoms with Gasteiger partial charge in [0, 0.05) is 36.7 Å². The number of hydrogen-bond acceptors (Lipinski definition) is 6. The molecule has 424 valence electrons. The zero-order valence-corrected chi connectivity index (χ0v) is 47.8. The Balaban J connectivity index is 0.921. The van der Waals surface area contributed by atoms with Crippen LogP contribution in [0.3, 0.4) is 0 Å². The first kappa shape index (κ1) is 57.4. The lowest BCUT2D eigenvalue weighted by Gasteiger charge is -2.29. The first-order valence-corrected chi connectivity index (χ1v) is 29.9. The van der Waals surface area contributed by atoms with Gasteiger partial charge < -0.3 is 42.5 Å². The van der Waals surface area contributed by atoms with E-state index in [4.69, 9.17) is 9.97 Å². The van der Waals surface area contributed by atoms with Crippen LogP contribution in [0, 0.1) is 0 Å². The van der Waals surface area contributed by atoms with Crippen molar-refractivity contribution in [3.63, 3.8) is 0 Å².